The van der Waals surface area contributed by atoms with Crippen molar-refractivity contribution in [3.63, 3.8) is 0 Å². The molecule has 0 bridgehead atoms. The second-order valence-corrected chi connectivity index (χ2v) is 19.2. The fourth-order valence-electron chi connectivity index (χ4n) is 7.62. The number of hydrogen-bond acceptors (Lipinski definition) is 10. The van der Waals surface area contributed by atoms with E-state index in [0.29, 0.717) is 86.2 Å². The van der Waals surface area contributed by atoms with Crippen LogP contribution in [0.5, 0.6) is 0 Å². The molecule has 14 heteroatoms. The van der Waals surface area contributed by atoms with Crippen LogP contribution in [-0.2, 0) is 9.59 Å². The maximum atomic E-state index is 13.9. The quantitative estimate of drug-likeness (QED) is 0.261. The maximum Gasteiger partial charge on any atom is 0.254 e. The summed E-state index contributed by atoms with van der Waals surface area (Å²) in [6.07, 6.45) is 1.35. The van der Waals surface area contributed by atoms with Crippen LogP contribution in [0.3, 0.4) is 0 Å². The number of fused-ring (bicyclic) bond motifs is 4. The maximum absolute atomic E-state index is 13.9. The number of hydrogen-bond donors (Lipinski definition) is 2. The monoisotopic (exact) mass is 802 g/mol. The normalized spacial score (nSPS) is 24.1. The van der Waals surface area contributed by atoms with E-state index < -0.39 is 12.1 Å². The number of carbonyl (C=O) groups is 4. The molecule has 0 saturated carbocycles. The Morgan fingerprint density at radius 1 is 0.537 bits per heavy atom. The van der Waals surface area contributed by atoms with Gasteiger partial charge >= 0.3 is 0 Å². The Balaban J connectivity index is 1.01. The summed E-state index contributed by atoms with van der Waals surface area (Å²) >= 11 is 0. The zero-order chi connectivity index (χ0) is 37.6. The van der Waals surface area contributed by atoms with Crippen molar-refractivity contribution >= 4 is 88.3 Å². The van der Waals surface area contributed by atoms with E-state index in [-0.39, 0.29) is 35.7 Å². The first kappa shape index (κ1) is 38.9. The smallest absolute Gasteiger partial charge is 0.254 e. The molecule has 3 heterocycles. The minimum absolute atomic E-state index is 0.0295. The van der Waals surface area contributed by atoms with Crippen molar-refractivity contribution < 1.29 is 19.2 Å². The van der Waals surface area contributed by atoms with Crippen molar-refractivity contribution in [2.24, 2.45) is 11.5 Å². The highest BCUT2D eigenvalue weighted by Gasteiger charge is 2.37. The zero-order valence-electron chi connectivity index (χ0n) is 30.1. The standard InChI is InChI=1S/C40H46N6O4S4/c41-35-25-54-52-22-16-30-24-44(38(48)34-14-6-10-28-8-2-4-12-32(28)34)18-20-46(30)40(50)36(42)26-53-51-21-15-29-23-43(17-19-45(29)39(35)49)37(47)33-13-5-9-27-7-1-3-11-31(27)33/h1-14,29-30,35-36H,15-26,41-42H2/t29-,30-,35-,36-/m0/s1. The van der Waals surface area contributed by atoms with E-state index in [1.165, 1.54) is 0 Å². The van der Waals surface area contributed by atoms with Crippen LogP contribution in [0, 0.1) is 0 Å². The number of piperazine rings is 2. The van der Waals surface area contributed by atoms with Crippen molar-refractivity contribution in [1.82, 2.24) is 19.6 Å². The summed E-state index contributed by atoms with van der Waals surface area (Å²) in [6.45, 7) is 2.60. The first-order valence-electron chi connectivity index (χ1n) is 18.4. The van der Waals surface area contributed by atoms with E-state index in [4.69, 9.17) is 11.5 Å². The lowest BCUT2D eigenvalue weighted by Crippen LogP contribution is -2.60. The van der Waals surface area contributed by atoms with E-state index in [2.05, 4.69) is 0 Å². The number of carbonyl (C=O) groups excluding carboxylic acids is 4. The summed E-state index contributed by atoms with van der Waals surface area (Å²) in [5, 5.41) is 3.88. The van der Waals surface area contributed by atoms with E-state index in [9.17, 15) is 19.2 Å². The number of amides is 4. The average Bonchev–Trinajstić information content (AvgIpc) is 3.21. The Morgan fingerprint density at radius 2 is 0.944 bits per heavy atom. The molecule has 3 aliphatic rings. The molecule has 4 N–H and O–H groups in total. The molecule has 4 amide bonds. The summed E-state index contributed by atoms with van der Waals surface area (Å²) in [7, 11) is 6.39. The van der Waals surface area contributed by atoms with Gasteiger partial charge in [-0.15, -0.1) is 0 Å². The zero-order valence-corrected chi connectivity index (χ0v) is 33.4. The Bertz CT molecular complexity index is 1850. The number of nitrogens with two attached hydrogens (primary N) is 2. The highest BCUT2D eigenvalue weighted by molar-refractivity contribution is 8.77. The van der Waals surface area contributed by atoms with Crippen LogP contribution < -0.4 is 11.5 Å². The largest absolute Gasteiger partial charge is 0.335 e. The highest BCUT2D eigenvalue weighted by atomic mass is 33.1. The van der Waals surface area contributed by atoms with Gasteiger partial charge in [-0.2, -0.15) is 0 Å². The molecule has 3 saturated heterocycles. The molecule has 0 spiro atoms. The predicted octanol–water partition coefficient (Wildman–Crippen LogP) is 5.21. The Morgan fingerprint density at radius 3 is 1.39 bits per heavy atom. The molecule has 7 rings (SSSR count). The molecule has 10 nitrogen and oxygen atoms in total. The van der Waals surface area contributed by atoms with Gasteiger partial charge < -0.3 is 31.1 Å². The van der Waals surface area contributed by atoms with E-state index in [0.717, 1.165) is 21.5 Å². The lowest BCUT2D eigenvalue weighted by molar-refractivity contribution is -0.137. The summed E-state index contributed by atoms with van der Waals surface area (Å²) in [5.74, 6) is 2.09. The average molecular weight is 803 g/mol. The molecule has 0 aliphatic carbocycles. The van der Waals surface area contributed by atoms with Crippen molar-refractivity contribution in [2.75, 3.05) is 62.3 Å². The van der Waals surface area contributed by atoms with Crippen molar-refractivity contribution in [1.29, 1.82) is 0 Å². The molecule has 0 radical (unpaired) electrons. The van der Waals surface area contributed by atoms with Gasteiger partial charge in [0.2, 0.25) is 11.8 Å². The van der Waals surface area contributed by atoms with Crippen LogP contribution in [0.15, 0.2) is 84.9 Å². The van der Waals surface area contributed by atoms with Crippen LogP contribution in [0.25, 0.3) is 21.5 Å². The van der Waals surface area contributed by atoms with Crippen LogP contribution in [0.2, 0.25) is 0 Å². The van der Waals surface area contributed by atoms with Gasteiger partial charge in [-0.1, -0.05) is 116 Å². The van der Waals surface area contributed by atoms with E-state index >= 15 is 0 Å². The molecule has 3 aliphatic heterocycles. The van der Waals surface area contributed by atoms with Crippen molar-refractivity contribution in [3.05, 3.63) is 96.1 Å². The topological polar surface area (TPSA) is 133 Å². The van der Waals surface area contributed by atoms with Gasteiger partial charge in [0, 0.05) is 73.4 Å². The molecule has 4 aromatic rings. The third-order valence-corrected chi connectivity index (χ3v) is 15.5. The molecule has 4 atom stereocenters. The molecule has 0 aromatic heterocycles. The lowest BCUT2D eigenvalue weighted by Gasteiger charge is -2.43. The molecular weight excluding hydrogens is 757 g/mol. The molecule has 3 fully saturated rings. The van der Waals surface area contributed by atoms with Crippen LogP contribution >= 0.6 is 43.2 Å². The molecule has 284 valence electrons. The van der Waals surface area contributed by atoms with Gasteiger partial charge in [0.05, 0.1) is 24.2 Å². The van der Waals surface area contributed by atoms with Crippen molar-refractivity contribution in [2.45, 2.75) is 37.0 Å². The summed E-state index contributed by atoms with van der Waals surface area (Å²) < 4.78 is 0. The SMILES string of the molecule is N[C@H]1CSSCC[C@H]2CN(C(=O)c3cccc4ccccc34)CCN2C(=O)[C@@H](N)CSSCC[C@H]2CN(C(=O)c3cccc4ccccc34)CCN2C1=O. The minimum atomic E-state index is -0.675. The second-order valence-electron chi connectivity index (χ2n) is 13.9. The van der Waals surface area contributed by atoms with Gasteiger partial charge in [-0.3, -0.25) is 19.2 Å². The van der Waals surface area contributed by atoms with Gasteiger partial charge in [0.25, 0.3) is 11.8 Å². The van der Waals surface area contributed by atoms with Crippen LogP contribution in [0.4, 0.5) is 0 Å². The van der Waals surface area contributed by atoms with Gasteiger partial charge in [0.15, 0.2) is 0 Å². The number of benzene rings is 4. The number of rotatable bonds is 2. The predicted molar refractivity (Wildman–Crippen MR) is 226 cm³/mol. The minimum Gasteiger partial charge on any atom is -0.335 e. The number of nitrogens with zero attached hydrogens (tertiary/aromatic N) is 4. The summed E-state index contributed by atoms with van der Waals surface area (Å²) in [5.41, 5.74) is 14.4. The summed E-state index contributed by atoms with van der Waals surface area (Å²) in [6, 6.07) is 25.7. The molecule has 4 aromatic carbocycles. The van der Waals surface area contributed by atoms with E-state index in [1.54, 1.807) is 43.2 Å². The van der Waals surface area contributed by atoms with Crippen LogP contribution in [-0.4, -0.2) is 130 Å². The second kappa shape index (κ2) is 18.0. The molecular formula is C40H46N6O4S4. The fourth-order valence-corrected chi connectivity index (χ4v) is 12.1. The Kier molecular flexibility index (Phi) is 13.0. The lowest BCUT2D eigenvalue weighted by atomic mass is 10.0. The van der Waals surface area contributed by atoms with Crippen molar-refractivity contribution in [3.8, 4) is 0 Å². The highest BCUT2D eigenvalue weighted by Crippen LogP contribution is 2.30. The van der Waals surface area contributed by atoms with Gasteiger partial charge in [0.1, 0.15) is 0 Å². The Hall–Kier alpha value is -3.40. The van der Waals surface area contributed by atoms with Gasteiger partial charge in [-0.25, -0.2) is 0 Å². The molecule has 54 heavy (non-hydrogen) atoms. The first-order valence-corrected chi connectivity index (χ1v) is 23.4. The summed E-state index contributed by atoms with van der Waals surface area (Å²) in [4.78, 5) is 62.9. The third-order valence-electron chi connectivity index (χ3n) is 10.5. The fraction of sp³-hybridized carbons (Fsp3) is 0.400. The van der Waals surface area contributed by atoms with Crippen LogP contribution in [0.1, 0.15) is 33.6 Å². The molecule has 0 unspecified atom stereocenters. The first-order chi connectivity index (χ1) is 26.3. The van der Waals surface area contributed by atoms with E-state index in [1.807, 2.05) is 105 Å². The van der Waals surface area contributed by atoms with Gasteiger partial charge in [-0.05, 0) is 46.5 Å². The Labute approximate surface area is 332 Å². The third kappa shape index (κ3) is 8.69.